The Morgan fingerprint density at radius 3 is 2.19 bits per heavy atom. The molecule has 1 aliphatic rings. The molecule has 1 saturated heterocycles. The molecule has 0 radical (unpaired) electrons. The summed E-state index contributed by atoms with van der Waals surface area (Å²) in [5, 5.41) is 28.4. The van der Waals surface area contributed by atoms with Crippen LogP contribution in [0, 0.1) is 11.3 Å². The normalized spacial score (nSPS) is 21.8. The average molecular weight is 293 g/mol. The molecule has 1 aromatic carbocycles. The third-order valence-electron chi connectivity index (χ3n) is 4.27. The third-order valence-corrected chi connectivity index (χ3v) is 4.27. The van der Waals surface area contributed by atoms with Crippen molar-refractivity contribution in [1.82, 2.24) is 4.90 Å². The smallest absolute Gasteiger partial charge is 0.311 e. The maximum Gasteiger partial charge on any atom is 0.311 e. The molecule has 0 aromatic heterocycles. The number of amides is 1. The van der Waals surface area contributed by atoms with Crippen LogP contribution in [0.3, 0.4) is 0 Å². The first-order valence-electron chi connectivity index (χ1n) is 6.82. The van der Waals surface area contributed by atoms with Crippen LogP contribution in [0.2, 0.25) is 0 Å². The molecule has 0 aliphatic carbocycles. The summed E-state index contributed by atoms with van der Waals surface area (Å²) in [4.78, 5) is 25.4. The van der Waals surface area contributed by atoms with Gasteiger partial charge in [0.15, 0.2) is 0 Å². The van der Waals surface area contributed by atoms with Gasteiger partial charge in [0.05, 0.1) is 5.41 Å². The molecule has 1 atom stereocenters. The van der Waals surface area contributed by atoms with Crippen molar-refractivity contribution in [3.63, 3.8) is 0 Å². The lowest BCUT2D eigenvalue weighted by Crippen LogP contribution is -2.40. The van der Waals surface area contributed by atoms with Gasteiger partial charge in [0.2, 0.25) is 0 Å². The SMILES string of the molecule is CC(C)C1(C(=O)O)CCN(C(=O)c2cc(O)cc(O)c2)C1. The first kappa shape index (κ1) is 15.2. The van der Waals surface area contributed by atoms with Gasteiger partial charge in [0, 0.05) is 24.7 Å². The zero-order valence-electron chi connectivity index (χ0n) is 12.0. The Kier molecular flexibility index (Phi) is 3.80. The molecule has 1 heterocycles. The van der Waals surface area contributed by atoms with Gasteiger partial charge in [0.25, 0.3) is 5.91 Å². The number of aromatic hydroxyl groups is 2. The Morgan fingerprint density at radius 1 is 1.19 bits per heavy atom. The molecule has 1 aromatic rings. The van der Waals surface area contributed by atoms with Crippen LogP contribution in [0.5, 0.6) is 11.5 Å². The Balaban J connectivity index is 2.24. The van der Waals surface area contributed by atoms with Crippen molar-refractivity contribution in [3.8, 4) is 11.5 Å². The summed E-state index contributed by atoms with van der Waals surface area (Å²) < 4.78 is 0. The molecule has 1 amide bonds. The molecule has 6 heteroatoms. The highest BCUT2D eigenvalue weighted by Crippen LogP contribution is 2.39. The van der Waals surface area contributed by atoms with Crippen LogP contribution >= 0.6 is 0 Å². The predicted molar refractivity (Wildman–Crippen MR) is 75.2 cm³/mol. The van der Waals surface area contributed by atoms with Gasteiger partial charge >= 0.3 is 5.97 Å². The number of carbonyl (C=O) groups is 2. The highest BCUT2D eigenvalue weighted by Gasteiger charge is 2.48. The number of aliphatic carboxylic acids is 1. The summed E-state index contributed by atoms with van der Waals surface area (Å²) in [5.74, 6) is -1.78. The van der Waals surface area contributed by atoms with E-state index in [1.54, 1.807) is 0 Å². The number of phenolic OH excluding ortho intramolecular Hbond substituents is 2. The maximum absolute atomic E-state index is 12.4. The molecule has 0 spiro atoms. The number of likely N-dealkylation sites (tertiary alicyclic amines) is 1. The summed E-state index contributed by atoms with van der Waals surface area (Å²) >= 11 is 0. The zero-order chi connectivity index (χ0) is 15.8. The Labute approximate surface area is 122 Å². The fourth-order valence-corrected chi connectivity index (χ4v) is 2.80. The number of hydrogen-bond donors (Lipinski definition) is 3. The molecule has 0 saturated carbocycles. The number of nitrogens with zero attached hydrogens (tertiary/aromatic N) is 1. The highest BCUT2D eigenvalue weighted by molar-refractivity contribution is 5.96. The van der Waals surface area contributed by atoms with Gasteiger partial charge in [-0.2, -0.15) is 0 Å². The van der Waals surface area contributed by atoms with Crippen LogP contribution in [-0.2, 0) is 4.79 Å². The van der Waals surface area contributed by atoms with Crippen LogP contribution in [-0.4, -0.2) is 45.2 Å². The second-order valence-electron chi connectivity index (χ2n) is 5.83. The first-order valence-corrected chi connectivity index (χ1v) is 6.82. The fraction of sp³-hybridized carbons (Fsp3) is 0.467. The number of carboxylic acid groups (broad SMARTS) is 1. The van der Waals surface area contributed by atoms with Crippen molar-refractivity contribution in [2.45, 2.75) is 20.3 Å². The van der Waals surface area contributed by atoms with Gasteiger partial charge in [-0.25, -0.2) is 0 Å². The van der Waals surface area contributed by atoms with Crippen molar-refractivity contribution in [2.75, 3.05) is 13.1 Å². The van der Waals surface area contributed by atoms with Crippen LogP contribution in [0.4, 0.5) is 0 Å². The topological polar surface area (TPSA) is 98.1 Å². The summed E-state index contributed by atoms with van der Waals surface area (Å²) in [6.07, 6.45) is 0.399. The number of carbonyl (C=O) groups excluding carboxylic acids is 1. The van der Waals surface area contributed by atoms with E-state index in [0.717, 1.165) is 6.07 Å². The minimum Gasteiger partial charge on any atom is -0.508 e. The summed E-state index contributed by atoms with van der Waals surface area (Å²) in [5.41, 5.74) is -0.786. The molecule has 1 fully saturated rings. The van der Waals surface area contributed by atoms with E-state index < -0.39 is 11.4 Å². The maximum atomic E-state index is 12.4. The lowest BCUT2D eigenvalue weighted by molar-refractivity contribution is -0.150. The highest BCUT2D eigenvalue weighted by atomic mass is 16.4. The van der Waals surface area contributed by atoms with E-state index in [4.69, 9.17) is 0 Å². The number of rotatable bonds is 3. The van der Waals surface area contributed by atoms with Crippen molar-refractivity contribution >= 4 is 11.9 Å². The standard InChI is InChI=1S/C15H19NO5/c1-9(2)15(14(20)21)3-4-16(8-15)13(19)10-5-11(17)7-12(18)6-10/h5-7,9,17-18H,3-4,8H2,1-2H3,(H,20,21). The van der Waals surface area contributed by atoms with E-state index in [-0.39, 0.29) is 35.4 Å². The predicted octanol–water partition coefficient (Wildman–Crippen LogP) is 1.67. The molecule has 1 aliphatic heterocycles. The molecule has 114 valence electrons. The summed E-state index contributed by atoms with van der Waals surface area (Å²) in [7, 11) is 0. The quantitative estimate of drug-likeness (QED) is 0.787. The summed E-state index contributed by atoms with van der Waals surface area (Å²) in [6.45, 7) is 4.15. The van der Waals surface area contributed by atoms with Crippen molar-refractivity contribution < 1.29 is 24.9 Å². The Bertz CT molecular complexity index is 563. The summed E-state index contributed by atoms with van der Waals surface area (Å²) in [6, 6.07) is 3.66. The minimum atomic E-state index is -0.936. The minimum absolute atomic E-state index is 0.0922. The van der Waals surface area contributed by atoms with Gasteiger partial charge in [-0.3, -0.25) is 9.59 Å². The number of benzene rings is 1. The van der Waals surface area contributed by atoms with Gasteiger partial charge in [-0.1, -0.05) is 13.8 Å². The van der Waals surface area contributed by atoms with Gasteiger partial charge in [-0.15, -0.1) is 0 Å². The molecule has 6 nitrogen and oxygen atoms in total. The molecule has 21 heavy (non-hydrogen) atoms. The number of hydrogen-bond acceptors (Lipinski definition) is 4. The van der Waals surface area contributed by atoms with E-state index in [9.17, 15) is 24.9 Å². The van der Waals surface area contributed by atoms with Crippen LogP contribution in [0.25, 0.3) is 0 Å². The van der Waals surface area contributed by atoms with Crippen molar-refractivity contribution in [2.24, 2.45) is 11.3 Å². The Hall–Kier alpha value is -2.24. The van der Waals surface area contributed by atoms with Gasteiger partial charge in [0.1, 0.15) is 11.5 Å². The fourth-order valence-electron chi connectivity index (χ4n) is 2.80. The van der Waals surface area contributed by atoms with Crippen molar-refractivity contribution in [3.05, 3.63) is 23.8 Å². The molecule has 1 unspecified atom stereocenters. The van der Waals surface area contributed by atoms with Gasteiger partial charge < -0.3 is 20.2 Å². The average Bonchev–Trinajstić information content (AvgIpc) is 2.83. The molecular weight excluding hydrogens is 274 g/mol. The largest absolute Gasteiger partial charge is 0.508 e. The molecular formula is C15H19NO5. The molecule has 3 N–H and O–H groups in total. The van der Waals surface area contributed by atoms with E-state index >= 15 is 0 Å². The second kappa shape index (κ2) is 5.27. The van der Waals surface area contributed by atoms with Gasteiger partial charge in [-0.05, 0) is 24.5 Å². The van der Waals surface area contributed by atoms with Crippen LogP contribution in [0.1, 0.15) is 30.6 Å². The molecule has 2 rings (SSSR count). The van der Waals surface area contributed by atoms with E-state index in [1.807, 2.05) is 13.8 Å². The number of carboxylic acids is 1. The lowest BCUT2D eigenvalue weighted by atomic mass is 9.76. The zero-order valence-corrected chi connectivity index (χ0v) is 12.0. The van der Waals surface area contributed by atoms with Crippen LogP contribution < -0.4 is 0 Å². The number of phenols is 2. The third kappa shape index (κ3) is 2.66. The van der Waals surface area contributed by atoms with Crippen LogP contribution in [0.15, 0.2) is 18.2 Å². The van der Waals surface area contributed by atoms with Crippen molar-refractivity contribution in [1.29, 1.82) is 0 Å². The van der Waals surface area contributed by atoms with E-state index in [0.29, 0.717) is 13.0 Å². The monoisotopic (exact) mass is 293 g/mol. The lowest BCUT2D eigenvalue weighted by Gasteiger charge is -2.28. The Morgan fingerprint density at radius 2 is 1.76 bits per heavy atom. The first-order chi connectivity index (χ1) is 9.76. The second-order valence-corrected chi connectivity index (χ2v) is 5.83. The molecule has 0 bridgehead atoms. The van der Waals surface area contributed by atoms with E-state index in [2.05, 4.69) is 0 Å². The van der Waals surface area contributed by atoms with E-state index in [1.165, 1.54) is 17.0 Å².